The maximum Gasteiger partial charge on any atom is 0.241 e. The summed E-state index contributed by atoms with van der Waals surface area (Å²) in [6.45, 7) is 8.69. The quantitative estimate of drug-likeness (QED) is 0.864. The van der Waals surface area contributed by atoms with Gasteiger partial charge >= 0.3 is 0 Å². The fraction of sp³-hybridized carbons (Fsp3) is 0.714. The summed E-state index contributed by atoms with van der Waals surface area (Å²) in [6.07, 6.45) is 6.12. The molecule has 5 heteroatoms. The van der Waals surface area contributed by atoms with Crippen molar-refractivity contribution in [2.45, 2.75) is 33.2 Å². The van der Waals surface area contributed by atoms with Crippen molar-refractivity contribution in [3.05, 3.63) is 18.0 Å². The van der Waals surface area contributed by atoms with Crippen molar-refractivity contribution >= 4 is 5.91 Å². The van der Waals surface area contributed by atoms with Gasteiger partial charge in [-0.25, -0.2) is 0 Å². The number of hydrogen-bond acceptors (Lipinski definition) is 3. The van der Waals surface area contributed by atoms with Gasteiger partial charge in [-0.3, -0.25) is 9.48 Å². The normalized spacial score (nSPS) is 20.4. The van der Waals surface area contributed by atoms with E-state index in [9.17, 15) is 4.79 Å². The highest BCUT2D eigenvalue weighted by molar-refractivity contribution is 5.75. The van der Waals surface area contributed by atoms with Crippen molar-refractivity contribution in [3.8, 4) is 0 Å². The molecule has 0 saturated carbocycles. The number of likely N-dealkylation sites (tertiary alicyclic amines) is 1. The van der Waals surface area contributed by atoms with Crippen LogP contribution < -0.4 is 5.32 Å². The zero-order valence-electron chi connectivity index (χ0n) is 11.9. The van der Waals surface area contributed by atoms with Crippen LogP contribution >= 0.6 is 0 Å². The number of aromatic nitrogens is 2. The lowest BCUT2D eigenvalue weighted by Gasteiger charge is -2.31. The van der Waals surface area contributed by atoms with Crippen molar-refractivity contribution in [2.75, 3.05) is 26.2 Å². The van der Waals surface area contributed by atoms with Gasteiger partial charge in [-0.05, 0) is 44.3 Å². The Morgan fingerprint density at radius 1 is 1.58 bits per heavy atom. The minimum atomic E-state index is 0.0525. The molecule has 1 atom stereocenters. The van der Waals surface area contributed by atoms with E-state index in [4.69, 9.17) is 0 Å². The average Bonchev–Trinajstić information content (AvgIpc) is 2.82. The molecule has 106 valence electrons. The molecule has 1 fully saturated rings. The summed E-state index contributed by atoms with van der Waals surface area (Å²) in [5.74, 6) is 0.647. The van der Waals surface area contributed by atoms with Crippen LogP contribution in [0.15, 0.2) is 12.4 Å². The van der Waals surface area contributed by atoms with Crippen LogP contribution in [0.1, 0.15) is 25.3 Å². The minimum absolute atomic E-state index is 0.0525. The Hall–Kier alpha value is -1.36. The molecule has 0 unspecified atom stereocenters. The first kappa shape index (κ1) is 14.1. The number of rotatable bonds is 5. The number of piperidine rings is 1. The zero-order valence-corrected chi connectivity index (χ0v) is 11.9. The Morgan fingerprint density at radius 2 is 2.42 bits per heavy atom. The minimum Gasteiger partial charge on any atom is -0.354 e. The Morgan fingerprint density at radius 3 is 3.11 bits per heavy atom. The molecule has 5 nitrogen and oxygen atoms in total. The van der Waals surface area contributed by atoms with Crippen LogP contribution in [0.3, 0.4) is 0 Å². The fourth-order valence-corrected chi connectivity index (χ4v) is 2.62. The first-order chi connectivity index (χ1) is 9.17. The Balaban J connectivity index is 1.71. The van der Waals surface area contributed by atoms with Gasteiger partial charge in [0.1, 0.15) is 6.54 Å². The SMILES string of the molecule is CCN1CCC[C@H](CNC(=O)Cn2cc(C)cn2)C1. The Bertz CT molecular complexity index is 415. The van der Waals surface area contributed by atoms with E-state index in [1.54, 1.807) is 10.9 Å². The molecule has 1 aromatic heterocycles. The third-order valence-corrected chi connectivity index (χ3v) is 3.71. The molecule has 0 aliphatic carbocycles. The van der Waals surface area contributed by atoms with Gasteiger partial charge in [0.2, 0.25) is 5.91 Å². The molecule has 1 saturated heterocycles. The van der Waals surface area contributed by atoms with Gasteiger partial charge in [0.25, 0.3) is 0 Å². The number of carbonyl (C=O) groups is 1. The Labute approximate surface area is 115 Å². The second kappa shape index (κ2) is 6.70. The zero-order chi connectivity index (χ0) is 13.7. The van der Waals surface area contributed by atoms with E-state index < -0.39 is 0 Å². The average molecular weight is 264 g/mol. The van der Waals surface area contributed by atoms with Crippen molar-refractivity contribution in [1.82, 2.24) is 20.0 Å². The third-order valence-electron chi connectivity index (χ3n) is 3.71. The smallest absolute Gasteiger partial charge is 0.241 e. The predicted octanol–water partition coefficient (Wildman–Crippen LogP) is 1.04. The second-order valence-electron chi connectivity index (χ2n) is 5.42. The van der Waals surface area contributed by atoms with Gasteiger partial charge in [0, 0.05) is 19.3 Å². The fourth-order valence-electron chi connectivity index (χ4n) is 2.62. The molecular weight excluding hydrogens is 240 g/mol. The largest absolute Gasteiger partial charge is 0.354 e. The monoisotopic (exact) mass is 264 g/mol. The second-order valence-corrected chi connectivity index (χ2v) is 5.42. The number of aryl methyl sites for hydroxylation is 1. The van der Waals surface area contributed by atoms with E-state index in [0.29, 0.717) is 12.5 Å². The van der Waals surface area contributed by atoms with E-state index in [1.165, 1.54) is 19.4 Å². The summed E-state index contributed by atoms with van der Waals surface area (Å²) in [5, 5.41) is 7.15. The molecule has 1 aromatic rings. The van der Waals surface area contributed by atoms with Crippen molar-refractivity contribution in [1.29, 1.82) is 0 Å². The van der Waals surface area contributed by atoms with Gasteiger partial charge in [-0.15, -0.1) is 0 Å². The topological polar surface area (TPSA) is 50.2 Å². The molecular formula is C14H24N4O. The molecule has 0 spiro atoms. The number of nitrogens with one attached hydrogen (secondary N) is 1. The standard InChI is InChI=1S/C14H24N4O/c1-3-17-6-4-5-13(10-17)8-15-14(19)11-18-9-12(2)7-16-18/h7,9,13H,3-6,8,10-11H2,1-2H3,(H,15,19)/t13-/m1/s1. The molecule has 0 radical (unpaired) electrons. The number of hydrogen-bond donors (Lipinski definition) is 1. The Kier molecular flexibility index (Phi) is 4.96. The summed E-state index contributed by atoms with van der Waals surface area (Å²) in [7, 11) is 0. The van der Waals surface area contributed by atoms with Crippen molar-refractivity contribution < 1.29 is 4.79 Å². The van der Waals surface area contributed by atoms with Crippen molar-refractivity contribution in [2.24, 2.45) is 5.92 Å². The maximum atomic E-state index is 11.8. The van der Waals surface area contributed by atoms with Gasteiger partial charge in [0.15, 0.2) is 0 Å². The molecule has 1 aliphatic heterocycles. The highest BCUT2D eigenvalue weighted by Crippen LogP contribution is 2.15. The van der Waals surface area contributed by atoms with Crippen molar-refractivity contribution in [3.63, 3.8) is 0 Å². The third kappa shape index (κ3) is 4.35. The van der Waals surface area contributed by atoms with Gasteiger partial charge in [-0.2, -0.15) is 5.10 Å². The summed E-state index contributed by atoms with van der Waals surface area (Å²) in [4.78, 5) is 14.3. The molecule has 2 heterocycles. The highest BCUT2D eigenvalue weighted by Gasteiger charge is 2.19. The van der Waals surface area contributed by atoms with Gasteiger partial charge in [0.05, 0.1) is 6.20 Å². The lowest BCUT2D eigenvalue weighted by atomic mass is 9.98. The van der Waals surface area contributed by atoms with Crippen LogP contribution in [0.5, 0.6) is 0 Å². The maximum absolute atomic E-state index is 11.8. The summed E-state index contributed by atoms with van der Waals surface area (Å²) >= 11 is 0. The van der Waals surface area contributed by atoms with E-state index in [-0.39, 0.29) is 5.91 Å². The van der Waals surface area contributed by atoms with Crippen LogP contribution in [0.25, 0.3) is 0 Å². The number of nitrogens with zero attached hydrogens (tertiary/aromatic N) is 3. The molecule has 2 rings (SSSR count). The van der Waals surface area contributed by atoms with E-state index in [1.807, 2.05) is 13.1 Å². The van der Waals surface area contributed by atoms with E-state index >= 15 is 0 Å². The summed E-state index contributed by atoms with van der Waals surface area (Å²) in [6, 6.07) is 0. The van der Waals surface area contributed by atoms with Crippen LogP contribution in [-0.4, -0.2) is 46.8 Å². The van der Waals surface area contributed by atoms with Gasteiger partial charge < -0.3 is 10.2 Å². The van der Waals surface area contributed by atoms with Crippen LogP contribution in [0.2, 0.25) is 0 Å². The molecule has 1 N–H and O–H groups in total. The molecule has 19 heavy (non-hydrogen) atoms. The van der Waals surface area contributed by atoms with E-state index in [2.05, 4.69) is 22.2 Å². The number of carbonyl (C=O) groups excluding carboxylic acids is 1. The van der Waals surface area contributed by atoms with Crippen LogP contribution in [0, 0.1) is 12.8 Å². The van der Waals surface area contributed by atoms with E-state index in [0.717, 1.165) is 25.2 Å². The lowest BCUT2D eigenvalue weighted by molar-refractivity contribution is -0.122. The lowest BCUT2D eigenvalue weighted by Crippen LogP contribution is -2.41. The summed E-state index contributed by atoms with van der Waals surface area (Å²) < 4.78 is 1.68. The molecule has 1 aliphatic rings. The predicted molar refractivity (Wildman–Crippen MR) is 74.8 cm³/mol. The molecule has 0 aromatic carbocycles. The van der Waals surface area contributed by atoms with Crippen LogP contribution in [0.4, 0.5) is 0 Å². The molecule has 1 amide bonds. The number of amides is 1. The first-order valence-electron chi connectivity index (χ1n) is 7.15. The summed E-state index contributed by atoms with van der Waals surface area (Å²) in [5.41, 5.74) is 1.08. The molecule has 0 bridgehead atoms. The van der Waals surface area contributed by atoms with Crippen LogP contribution in [-0.2, 0) is 11.3 Å². The van der Waals surface area contributed by atoms with Gasteiger partial charge in [-0.1, -0.05) is 6.92 Å². The first-order valence-corrected chi connectivity index (χ1v) is 7.15. The highest BCUT2D eigenvalue weighted by atomic mass is 16.2.